The molecule has 0 bridgehead atoms. The van der Waals surface area contributed by atoms with Crippen molar-refractivity contribution in [2.75, 3.05) is 10.6 Å². The molecule has 0 atom stereocenters. The molecule has 0 saturated heterocycles. The molecular formula is C24H20N2O6. The van der Waals surface area contributed by atoms with Crippen molar-refractivity contribution in [1.82, 2.24) is 0 Å². The van der Waals surface area contributed by atoms with Crippen LogP contribution in [0.4, 0.5) is 11.4 Å². The molecule has 8 nitrogen and oxygen atoms in total. The molecular weight excluding hydrogens is 412 g/mol. The lowest BCUT2D eigenvalue weighted by atomic mass is 10.0. The maximum absolute atomic E-state index is 12.6. The highest BCUT2D eigenvalue weighted by molar-refractivity contribution is 6.12. The smallest absolute Gasteiger partial charge is 0.337 e. The fraction of sp³-hybridized carbons (Fsp3) is 0.0833. The first-order chi connectivity index (χ1) is 15.3. The molecule has 0 radical (unpaired) electrons. The summed E-state index contributed by atoms with van der Waals surface area (Å²) in [6, 6.07) is 19.7. The van der Waals surface area contributed by atoms with E-state index in [0.717, 1.165) is 12.1 Å². The van der Waals surface area contributed by atoms with Crippen molar-refractivity contribution in [1.29, 1.82) is 0 Å². The fourth-order valence-electron chi connectivity index (χ4n) is 3.15. The first-order valence-electron chi connectivity index (χ1n) is 9.66. The molecule has 0 spiro atoms. The second-order valence-corrected chi connectivity index (χ2v) is 6.94. The van der Waals surface area contributed by atoms with Crippen LogP contribution in [0.15, 0.2) is 72.8 Å². The Bertz CT molecular complexity index is 1070. The summed E-state index contributed by atoms with van der Waals surface area (Å²) in [5.74, 6) is -3.87. The average molecular weight is 432 g/mol. The van der Waals surface area contributed by atoms with Crippen LogP contribution in [0.1, 0.15) is 31.8 Å². The summed E-state index contributed by atoms with van der Waals surface area (Å²) in [7, 11) is 0. The number of hydrogen-bond donors (Lipinski definition) is 4. The summed E-state index contributed by atoms with van der Waals surface area (Å²) in [6.07, 6.45) is -0.122. The molecule has 0 fully saturated rings. The molecule has 0 heterocycles. The molecule has 4 N–H and O–H groups in total. The van der Waals surface area contributed by atoms with E-state index in [1.54, 1.807) is 60.7 Å². The molecule has 162 valence electrons. The number of benzene rings is 3. The van der Waals surface area contributed by atoms with Crippen LogP contribution in [-0.4, -0.2) is 34.0 Å². The second-order valence-electron chi connectivity index (χ2n) is 6.94. The van der Waals surface area contributed by atoms with Crippen molar-refractivity contribution >= 4 is 35.1 Å². The highest BCUT2D eigenvalue weighted by Crippen LogP contribution is 2.31. The predicted molar refractivity (Wildman–Crippen MR) is 118 cm³/mol. The second kappa shape index (κ2) is 10.0. The molecule has 8 heteroatoms. The SMILES string of the molecule is O=C(Cc1ccccc1)Nc1c(C(=O)O)ccc(C(=O)O)c1NC(=O)Cc1ccccc1. The zero-order chi connectivity index (χ0) is 23.1. The van der Waals surface area contributed by atoms with Gasteiger partial charge >= 0.3 is 11.9 Å². The third-order valence-corrected chi connectivity index (χ3v) is 4.61. The van der Waals surface area contributed by atoms with Crippen LogP contribution < -0.4 is 10.6 Å². The molecule has 3 rings (SSSR count). The number of carbonyl (C=O) groups excluding carboxylic acids is 2. The number of nitrogens with one attached hydrogen (secondary N) is 2. The normalized spacial score (nSPS) is 10.2. The molecule has 0 saturated carbocycles. The first kappa shape index (κ1) is 22.2. The van der Waals surface area contributed by atoms with E-state index in [9.17, 15) is 29.4 Å². The van der Waals surface area contributed by atoms with Crippen molar-refractivity contribution < 1.29 is 29.4 Å². The van der Waals surface area contributed by atoms with Crippen LogP contribution in [0.25, 0.3) is 0 Å². The van der Waals surface area contributed by atoms with Crippen molar-refractivity contribution in [3.8, 4) is 0 Å². The van der Waals surface area contributed by atoms with Crippen molar-refractivity contribution in [3.63, 3.8) is 0 Å². The summed E-state index contributed by atoms with van der Waals surface area (Å²) in [6.45, 7) is 0. The largest absolute Gasteiger partial charge is 0.478 e. The minimum Gasteiger partial charge on any atom is -0.478 e. The highest BCUT2D eigenvalue weighted by Gasteiger charge is 2.24. The van der Waals surface area contributed by atoms with Gasteiger partial charge in [0.15, 0.2) is 0 Å². The van der Waals surface area contributed by atoms with Crippen molar-refractivity contribution in [2.45, 2.75) is 12.8 Å². The van der Waals surface area contributed by atoms with Gasteiger partial charge in [-0.2, -0.15) is 0 Å². The molecule has 3 aromatic carbocycles. The van der Waals surface area contributed by atoms with E-state index in [-0.39, 0.29) is 35.3 Å². The van der Waals surface area contributed by atoms with Gasteiger partial charge < -0.3 is 20.8 Å². The Morgan fingerprint density at radius 1 is 0.562 bits per heavy atom. The van der Waals surface area contributed by atoms with Gasteiger partial charge in [-0.25, -0.2) is 9.59 Å². The van der Waals surface area contributed by atoms with Crippen LogP contribution in [0.5, 0.6) is 0 Å². The third-order valence-electron chi connectivity index (χ3n) is 4.61. The molecule has 0 aromatic heterocycles. The lowest BCUT2D eigenvalue weighted by Crippen LogP contribution is -2.23. The minimum atomic E-state index is -1.38. The zero-order valence-electron chi connectivity index (χ0n) is 16.9. The standard InChI is InChI=1S/C24H20N2O6/c27-19(13-15-7-3-1-4-8-15)25-21-17(23(29)30)11-12-18(24(31)32)22(21)26-20(28)14-16-9-5-2-6-10-16/h1-12H,13-14H2,(H,25,27)(H,26,28)(H,29,30)(H,31,32). The predicted octanol–water partition coefficient (Wildman–Crippen LogP) is 3.45. The van der Waals surface area contributed by atoms with Crippen LogP contribution in [0, 0.1) is 0 Å². The minimum absolute atomic E-state index is 0.0609. The molecule has 0 aliphatic carbocycles. The topological polar surface area (TPSA) is 133 Å². The summed E-state index contributed by atoms with van der Waals surface area (Å²) >= 11 is 0. The number of hydrogen-bond acceptors (Lipinski definition) is 4. The van der Waals surface area contributed by atoms with Gasteiger partial charge in [0.2, 0.25) is 11.8 Å². The summed E-state index contributed by atoms with van der Waals surface area (Å²) in [5.41, 5.74) is 0.134. The molecule has 2 amide bonds. The van der Waals surface area contributed by atoms with Crippen LogP contribution >= 0.6 is 0 Å². The Hall–Kier alpha value is -4.46. The van der Waals surface area contributed by atoms with Gasteiger partial charge in [-0.05, 0) is 23.3 Å². The number of carbonyl (C=O) groups is 4. The summed E-state index contributed by atoms with van der Waals surface area (Å²) < 4.78 is 0. The maximum atomic E-state index is 12.6. The van der Waals surface area contributed by atoms with E-state index in [1.165, 1.54) is 0 Å². The van der Waals surface area contributed by atoms with E-state index >= 15 is 0 Å². The Labute approximate surface area is 183 Å². The Kier molecular flexibility index (Phi) is 6.97. The van der Waals surface area contributed by atoms with Gasteiger partial charge in [-0.15, -0.1) is 0 Å². The number of rotatable bonds is 8. The Balaban J connectivity index is 1.96. The van der Waals surface area contributed by atoms with Gasteiger partial charge in [-0.1, -0.05) is 60.7 Å². The van der Waals surface area contributed by atoms with E-state index in [4.69, 9.17) is 0 Å². The zero-order valence-corrected chi connectivity index (χ0v) is 16.9. The lowest BCUT2D eigenvalue weighted by Gasteiger charge is -2.17. The van der Waals surface area contributed by atoms with Gasteiger partial charge in [0.1, 0.15) is 0 Å². The van der Waals surface area contributed by atoms with E-state index in [0.29, 0.717) is 11.1 Å². The number of aromatic carboxylic acids is 2. The van der Waals surface area contributed by atoms with E-state index in [2.05, 4.69) is 10.6 Å². The molecule has 3 aromatic rings. The summed E-state index contributed by atoms with van der Waals surface area (Å²) in [5, 5.41) is 24.1. The number of amides is 2. The third kappa shape index (κ3) is 5.57. The lowest BCUT2D eigenvalue weighted by molar-refractivity contribution is -0.116. The molecule has 0 unspecified atom stereocenters. The van der Waals surface area contributed by atoms with Gasteiger partial charge in [-0.3, -0.25) is 9.59 Å². The summed E-state index contributed by atoms with van der Waals surface area (Å²) in [4.78, 5) is 48.7. The maximum Gasteiger partial charge on any atom is 0.337 e. The molecule has 0 aliphatic rings. The van der Waals surface area contributed by atoms with Crippen LogP contribution in [-0.2, 0) is 22.4 Å². The number of carboxylic acids is 2. The average Bonchev–Trinajstić information content (AvgIpc) is 2.75. The Morgan fingerprint density at radius 3 is 1.22 bits per heavy atom. The Morgan fingerprint density at radius 2 is 0.906 bits per heavy atom. The van der Waals surface area contributed by atoms with Gasteiger partial charge in [0, 0.05) is 0 Å². The molecule has 32 heavy (non-hydrogen) atoms. The fourth-order valence-corrected chi connectivity index (χ4v) is 3.15. The molecule has 0 aliphatic heterocycles. The number of carboxylic acid groups (broad SMARTS) is 2. The van der Waals surface area contributed by atoms with Gasteiger partial charge in [0.05, 0.1) is 35.3 Å². The van der Waals surface area contributed by atoms with Crippen molar-refractivity contribution in [3.05, 3.63) is 95.1 Å². The van der Waals surface area contributed by atoms with Gasteiger partial charge in [0.25, 0.3) is 0 Å². The highest BCUT2D eigenvalue weighted by atomic mass is 16.4. The van der Waals surface area contributed by atoms with E-state index in [1.807, 2.05) is 0 Å². The number of anilines is 2. The van der Waals surface area contributed by atoms with Crippen LogP contribution in [0.2, 0.25) is 0 Å². The van der Waals surface area contributed by atoms with Crippen molar-refractivity contribution in [2.24, 2.45) is 0 Å². The van der Waals surface area contributed by atoms with E-state index < -0.39 is 23.8 Å². The van der Waals surface area contributed by atoms with Crippen LogP contribution in [0.3, 0.4) is 0 Å². The first-order valence-corrected chi connectivity index (χ1v) is 9.66. The monoisotopic (exact) mass is 432 g/mol. The quantitative estimate of drug-likeness (QED) is 0.431.